The molecule has 0 saturated heterocycles. The molecule has 0 unspecified atom stereocenters. The monoisotopic (exact) mass is 314 g/mol. The highest BCUT2D eigenvalue weighted by Gasteiger charge is 2.01. The van der Waals surface area contributed by atoms with Crippen LogP contribution in [0.5, 0.6) is 5.75 Å². The second kappa shape index (κ2) is 8.39. The van der Waals surface area contributed by atoms with Gasteiger partial charge in [0, 0.05) is 18.3 Å². The van der Waals surface area contributed by atoms with Gasteiger partial charge >= 0.3 is 0 Å². The smallest absolute Gasteiger partial charge is 0.170 e. The Hall–Kier alpha value is -2.07. The first kappa shape index (κ1) is 16.3. The summed E-state index contributed by atoms with van der Waals surface area (Å²) in [5.74, 6) is 0.840. The summed E-state index contributed by atoms with van der Waals surface area (Å²) in [4.78, 5) is 0. The fourth-order valence-corrected chi connectivity index (χ4v) is 2.28. The fraction of sp³-hybridized carbons (Fsp3) is 0.278. The quantitative estimate of drug-likeness (QED) is 0.790. The van der Waals surface area contributed by atoms with Crippen LogP contribution in [0.25, 0.3) is 0 Å². The van der Waals surface area contributed by atoms with Crippen LogP contribution in [0.15, 0.2) is 54.6 Å². The minimum atomic E-state index is 0.159. The maximum Gasteiger partial charge on any atom is 0.170 e. The maximum absolute atomic E-state index is 5.67. The number of anilines is 1. The largest absolute Gasteiger partial charge is 0.491 e. The normalized spacial score (nSPS) is 10.3. The van der Waals surface area contributed by atoms with E-state index < -0.39 is 0 Å². The van der Waals surface area contributed by atoms with E-state index in [1.54, 1.807) is 0 Å². The lowest BCUT2D eigenvalue weighted by Gasteiger charge is -2.13. The van der Waals surface area contributed by atoms with Gasteiger partial charge in [-0.3, -0.25) is 0 Å². The Morgan fingerprint density at radius 2 is 1.86 bits per heavy atom. The molecule has 0 radical (unpaired) electrons. The minimum Gasteiger partial charge on any atom is -0.491 e. The number of hydrogen-bond acceptors (Lipinski definition) is 2. The molecule has 22 heavy (non-hydrogen) atoms. The maximum atomic E-state index is 5.67. The van der Waals surface area contributed by atoms with E-state index in [4.69, 9.17) is 17.0 Å². The van der Waals surface area contributed by atoms with Crippen LogP contribution < -0.4 is 15.4 Å². The predicted octanol–water partition coefficient (Wildman–Crippen LogP) is 4.00. The molecule has 2 N–H and O–H groups in total. The first-order chi connectivity index (χ1) is 10.6. The zero-order valence-electron chi connectivity index (χ0n) is 13.0. The van der Waals surface area contributed by atoms with E-state index in [2.05, 4.69) is 22.8 Å². The molecule has 0 aliphatic heterocycles. The molecule has 116 valence electrons. The number of rotatable bonds is 6. The number of thiocarbonyl (C=S) groups is 1. The molecule has 0 aliphatic rings. The van der Waals surface area contributed by atoms with E-state index in [1.165, 1.54) is 5.56 Å². The minimum absolute atomic E-state index is 0.159. The van der Waals surface area contributed by atoms with Gasteiger partial charge in [0.1, 0.15) is 5.75 Å². The SMILES string of the molecule is CC(C)Oc1cccc(NC(=S)NCCc2ccccc2)c1. The standard InChI is InChI=1S/C18H22N2OS/c1-14(2)21-17-10-6-9-16(13-17)20-18(22)19-12-11-15-7-4-3-5-8-15/h3-10,13-14H,11-12H2,1-2H3,(H2,19,20,22). The summed E-state index contributed by atoms with van der Waals surface area (Å²) in [5.41, 5.74) is 2.22. The molecule has 2 aromatic rings. The van der Waals surface area contributed by atoms with Crippen molar-refractivity contribution < 1.29 is 4.74 Å². The van der Waals surface area contributed by atoms with Gasteiger partial charge in [0.15, 0.2) is 5.11 Å². The lowest BCUT2D eigenvalue weighted by molar-refractivity contribution is 0.242. The summed E-state index contributed by atoms with van der Waals surface area (Å²) in [6, 6.07) is 18.2. The molecular formula is C18H22N2OS. The third-order valence-corrected chi connectivity index (χ3v) is 3.25. The van der Waals surface area contributed by atoms with Gasteiger partial charge in [-0.15, -0.1) is 0 Å². The van der Waals surface area contributed by atoms with Crippen molar-refractivity contribution in [2.75, 3.05) is 11.9 Å². The Morgan fingerprint density at radius 3 is 2.59 bits per heavy atom. The Kier molecular flexibility index (Phi) is 6.22. The molecule has 0 saturated carbocycles. The van der Waals surface area contributed by atoms with E-state index in [9.17, 15) is 0 Å². The van der Waals surface area contributed by atoms with E-state index in [-0.39, 0.29) is 6.10 Å². The summed E-state index contributed by atoms with van der Waals surface area (Å²) < 4.78 is 5.67. The molecule has 2 aromatic carbocycles. The molecule has 3 nitrogen and oxygen atoms in total. The molecule has 0 spiro atoms. The van der Waals surface area contributed by atoms with Crippen LogP contribution in [0.4, 0.5) is 5.69 Å². The predicted molar refractivity (Wildman–Crippen MR) is 96.6 cm³/mol. The van der Waals surface area contributed by atoms with Crippen LogP contribution in [0.2, 0.25) is 0 Å². The molecule has 0 aromatic heterocycles. The van der Waals surface area contributed by atoms with Crippen molar-refractivity contribution in [3.63, 3.8) is 0 Å². The summed E-state index contributed by atoms with van der Waals surface area (Å²) >= 11 is 5.32. The molecule has 0 atom stereocenters. The number of ether oxygens (including phenoxy) is 1. The first-order valence-electron chi connectivity index (χ1n) is 7.49. The van der Waals surface area contributed by atoms with Gasteiger partial charge in [-0.1, -0.05) is 36.4 Å². The van der Waals surface area contributed by atoms with Crippen LogP contribution >= 0.6 is 12.2 Å². The van der Waals surface area contributed by atoms with Gasteiger partial charge in [0.2, 0.25) is 0 Å². The lowest BCUT2D eigenvalue weighted by atomic mass is 10.1. The van der Waals surface area contributed by atoms with Crippen LogP contribution in [0, 0.1) is 0 Å². The number of benzene rings is 2. The highest BCUT2D eigenvalue weighted by molar-refractivity contribution is 7.80. The average Bonchev–Trinajstić information content (AvgIpc) is 2.48. The van der Waals surface area contributed by atoms with Crippen molar-refractivity contribution in [1.82, 2.24) is 5.32 Å². The van der Waals surface area contributed by atoms with Crippen LogP contribution in [0.1, 0.15) is 19.4 Å². The van der Waals surface area contributed by atoms with Crippen molar-refractivity contribution in [3.05, 3.63) is 60.2 Å². The van der Waals surface area contributed by atoms with Gasteiger partial charge in [-0.05, 0) is 50.2 Å². The molecule has 0 fully saturated rings. The van der Waals surface area contributed by atoms with Gasteiger partial charge in [0.25, 0.3) is 0 Å². The Morgan fingerprint density at radius 1 is 1.09 bits per heavy atom. The first-order valence-corrected chi connectivity index (χ1v) is 7.90. The third kappa shape index (κ3) is 5.74. The summed E-state index contributed by atoms with van der Waals surface area (Å²) in [6.07, 6.45) is 1.10. The molecule has 2 rings (SSSR count). The molecule has 0 bridgehead atoms. The highest BCUT2D eigenvalue weighted by atomic mass is 32.1. The second-order valence-corrected chi connectivity index (χ2v) is 5.72. The number of nitrogens with one attached hydrogen (secondary N) is 2. The van der Waals surface area contributed by atoms with Crippen molar-refractivity contribution >= 4 is 23.0 Å². The zero-order valence-corrected chi connectivity index (χ0v) is 13.8. The topological polar surface area (TPSA) is 33.3 Å². The van der Waals surface area contributed by atoms with Crippen LogP contribution in [-0.4, -0.2) is 17.8 Å². The van der Waals surface area contributed by atoms with Gasteiger partial charge < -0.3 is 15.4 Å². The zero-order chi connectivity index (χ0) is 15.8. The highest BCUT2D eigenvalue weighted by Crippen LogP contribution is 2.18. The van der Waals surface area contributed by atoms with Crippen molar-refractivity contribution in [1.29, 1.82) is 0 Å². The van der Waals surface area contributed by atoms with E-state index >= 15 is 0 Å². The molecular weight excluding hydrogens is 292 g/mol. The van der Waals surface area contributed by atoms with E-state index in [0.717, 1.165) is 24.4 Å². The lowest BCUT2D eigenvalue weighted by Crippen LogP contribution is -2.30. The summed E-state index contributed by atoms with van der Waals surface area (Å²) in [7, 11) is 0. The molecule has 4 heteroatoms. The molecule has 0 heterocycles. The Bertz CT molecular complexity index is 599. The average molecular weight is 314 g/mol. The van der Waals surface area contributed by atoms with E-state index in [0.29, 0.717) is 5.11 Å². The Balaban J connectivity index is 1.79. The Labute approximate surface area is 137 Å². The van der Waals surface area contributed by atoms with Crippen molar-refractivity contribution in [2.24, 2.45) is 0 Å². The summed E-state index contributed by atoms with van der Waals surface area (Å²) in [6.45, 7) is 4.82. The van der Waals surface area contributed by atoms with Crippen molar-refractivity contribution in [3.8, 4) is 5.75 Å². The van der Waals surface area contributed by atoms with Gasteiger partial charge in [-0.25, -0.2) is 0 Å². The van der Waals surface area contributed by atoms with Crippen LogP contribution in [0.3, 0.4) is 0 Å². The van der Waals surface area contributed by atoms with Gasteiger partial charge in [-0.2, -0.15) is 0 Å². The van der Waals surface area contributed by atoms with Crippen LogP contribution in [-0.2, 0) is 6.42 Å². The van der Waals surface area contributed by atoms with Gasteiger partial charge in [0.05, 0.1) is 6.10 Å². The third-order valence-electron chi connectivity index (χ3n) is 3.01. The molecule has 0 aliphatic carbocycles. The number of hydrogen-bond donors (Lipinski definition) is 2. The van der Waals surface area contributed by atoms with E-state index in [1.807, 2.05) is 56.3 Å². The summed E-state index contributed by atoms with van der Waals surface area (Å²) in [5, 5.41) is 7.02. The van der Waals surface area contributed by atoms with Crippen molar-refractivity contribution in [2.45, 2.75) is 26.4 Å². The fourth-order valence-electron chi connectivity index (χ4n) is 2.06. The second-order valence-electron chi connectivity index (χ2n) is 5.31. The molecule has 0 amide bonds.